The van der Waals surface area contributed by atoms with Gasteiger partial charge in [-0.1, -0.05) is 13.0 Å². The van der Waals surface area contributed by atoms with E-state index >= 15 is 0 Å². The molecule has 1 aromatic carbocycles. The van der Waals surface area contributed by atoms with E-state index in [0.29, 0.717) is 5.56 Å². The molecule has 4 N–H and O–H groups in total. The Morgan fingerprint density at radius 1 is 1.32 bits per heavy atom. The van der Waals surface area contributed by atoms with Crippen molar-refractivity contribution in [2.45, 2.75) is 25.2 Å². The first kappa shape index (κ1) is 18.4. The number of hydrogen-bond donors (Lipinski definition) is 2. The molecular weight excluding hydrogens is 296 g/mol. The van der Waals surface area contributed by atoms with Crippen molar-refractivity contribution in [2.75, 3.05) is 20.1 Å². The fourth-order valence-electron chi connectivity index (χ4n) is 2.26. The number of pyridine rings is 1. The third kappa shape index (κ3) is 4.19. The summed E-state index contributed by atoms with van der Waals surface area (Å²) in [4.78, 5) is 19.8. The Morgan fingerprint density at radius 3 is 2.73 bits per heavy atom. The van der Waals surface area contributed by atoms with Crippen LogP contribution in [0.3, 0.4) is 0 Å². The molecule has 1 heterocycles. The lowest BCUT2D eigenvalue weighted by molar-refractivity contribution is 0.0764. The summed E-state index contributed by atoms with van der Waals surface area (Å²) in [6.07, 6.45) is 2.64. The summed E-state index contributed by atoms with van der Waals surface area (Å²) in [5.74, 6) is 0.0578. The van der Waals surface area contributed by atoms with Crippen LogP contribution < -0.4 is 10.9 Å². The van der Waals surface area contributed by atoms with Crippen LogP contribution in [0.4, 0.5) is 0 Å². The number of aromatic nitrogens is 1. The van der Waals surface area contributed by atoms with Crippen LogP contribution in [0.2, 0.25) is 0 Å². The Labute approximate surface area is 136 Å². The maximum atomic E-state index is 12.5. The summed E-state index contributed by atoms with van der Waals surface area (Å²) in [6, 6.07) is 7.99. The normalized spacial score (nSPS) is 10.3. The van der Waals surface area contributed by atoms with Gasteiger partial charge >= 0.3 is 0 Å². The number of nitrogens with one attached hydrogen (secondary N) is 1. The molecule has 2 rings (SSSR count). The van der Waals surface area contributed by atoms with Gasteiger partial charge in [0.05, 0.1) is 11.1 Å². The van der Waals surface area contributed by atoms with Crippen molar-refractivity contribution in [3.63, 3.8) is 0 Å². The number of nitrogens with zero attached hydrogens (tertiary/aromatic N) is 2. The zero-order valence-corrected chi connectivity index (χ0v) is 14.2. The lowest BCUT2D eigenvalue weighted by Gasteiger charge is -2.20. The van der Waals surface area contributed by atoms with Gasteiger partial charge in [0.1, 0.15) is 0 Å². The summed E-state index contributed by atoms with van der Waals surface area (Å²) < 4.78 is 3.04. The summed E-state index contributed by atoms with van der Waals surface area (Å²) in [7, 11) is 1.89. The number of benzene rings is 1. The van der Waals surface area contributed by atoms with Crippen molar-refractivity contribution in [3.05, 3.63) is 36.0 Å². The van der Waals surface area contributed by atoms with Crippen LogP contribution in [-0.2, 0) is 0 Å². The monoisotopic (exact) mass is 320 g/mol. The molecule has 120 valence electrons. The van der Waals surface area contributed by atoms with Gasteiger partial charge < -0.3 is 11.1 Å². The van der Waals surface area contributed by atoms with E-state index in [1.54, 1.807) is 18.1 Å². The SMILES string of the molecule is CCCN(CC)C(=O)c1cnc2cc(SNC)ccc2c1.N. The second kappa shape index (κ2) is 8.73. The van der Waals surface area contributed by atoms with Crippen LogP contribution >= 0.6 is 11.9 Å². The van der Waals surface area contributed by atoms with E-state index in [4.69, 9.17) is 0 Å². The fraction of sp³-hybridized carbons (Fsp3) is 0.375. The highest BCUT2D eigenvalue weighted by molar-refractivity contribution is 7.97. The Hall–Kier alpha value is -1.63. The highest BCUT2D eigenvalue weighted by Crippen LogP contribution is 2.21. The van der Waals surface area contributed by atoms with Crippen molar-refractivity contribution < 1.29 is 4.79 Å². The number of carbonyl (C=O) groups excluding carboxylic acids is 1. The van der Waals surface area contributed by atoms with E-state index in [-0.39, 0.29) is 12.1 Å². The van der Waals surface area contributed by atoms with Gasteiger partial charge in [-0.25, -0.2) is 0 Å². The van der Waals surface area contributed by atoms with Gasteiger partial charge in [0.2, 0.25) is 0 Å². The molecule has 0 aliphatic heterocycles. The van der Waals surface area contributed by atoms with Gasteiger partial charge in [-0.05, 0) is 50.5 Å². The van der Waals surface area contributed by atoms with Crippen molar-refractivity contribution in [1.82, 2.24) is 20.8 Å². The Bertz CT molecular complexity index is 633. The standard InChI is InChI=1S/C16H21N3OS.H3N/c1-4-8-19(5-2)16(20)13-9-12-6-7-14(21-17-3)10-15(12)18-11-13;/h6-7,9-11,17H,4-5,8H2,1-3H3;1H3. The molecule has 6 heteroatoms. The molecule has 0 bridgehead atoms. The second-order valence-electron chi connectivity index (χ2n) is 4.77. The molecule has 1 amide bonds. The van der Waals surface area contributed by atoms with Gasteiger partial charge in [-0.3, -0.25) is 14.5 Å². The Kier molecular flexibility index (Phi) is 7.31. The van der Waals surface area contributed by atoms with Crippen LogP contribution in [0.25, 0.3) is 10.9 Å². The molecule has 0 aliphatic carbocycles. The van der Waals surface area contributed by atoms with Crippen molar-refractivity contribution in [2.24, 2.45) is 0 Å². The summed E-state index contributed by atoms with van der Waals surface area (Å²) in [5, 5.41) is 0.994. The molecule has 22 heavy (non-hydrogen) atoms. The third-order valence-corrected chi connectivity index (χ3v) is 3.98. The molecule has 2 aromatic rings. The van der Waals surface area contributed by atoms with Crippen LogP contribution in [0.1, 0.15) is 30.6 Å². The topological polar surface area (TPSA) is 80.2 Å². The highest BCUT2D eigenvalue weighted by atomic mass is 32.2. The van der Waals surface area contributed by atoms with E-state index in [1.807, 2.05) is 43.1 Å². The number of fused-ring (bicyclic) bond motifs is 1. The molecule has 0 radical (unpaired) electrons. The minimum Gasteiger partial charge on any atom is -0.344 e. The molecule has 0 fully saturated rings. The van der Waals surface area contributed by atoms with Crippen molar-refractivity contribution in [3.8, 4) is 0 Å². The zero-order valence-electron chi connectivity index (χ0n) is 13.4. The van der Waals surface area contributed by atoms with Crippen LogP contribution in [0.15, 0.2) is 35.4 Å². The Morgan fingerprint density at radius 2 is 2.09 bits per heavy atom. The predicted octanol–water partition coefficient (Wildman–Crippen LogP) is 3.50. The average molecular weight is 320 g/mol. The van der Waals surface area contributed by atoms with E-state index < -0.39 is 0 Å². The van der Waals surface area contributed by atoms with Gasteiger partial charge in [0.15, 0.2) is 0 Å². The molecule has 0 aliphatic rings. The molecule has 5 nitrogen and oxygen atoms in total. The van der Waals surface area contributed by atoms with E-state index in [0.717, 1.165) is 35.3 Å². The predicted molar refractivity (Wildman–Crippen MR) is 93.6 cm³/mol. The van der Waals surface area contributed by atoms with Crippen LogP contribution in [-0.4, -0.2) is 35.9 Å². The molecule has 0 atom stereocenters. The van der Waals surface area contributed by atoms with Crippen molar-refractivity contribution in [1.29, 1.82) is 0 Å². The summed E-state index contributed by atoms with van der Waals surface area (Å²) >= 11 is 1.55. The first-order valence-corrected chi connectivity index (χ1v) is 8.04. The number of hydrogen-bond acceptors (Lipinski definition) is 5. The van der Waals surface area contributed by atoms with Gasteiger partial charge in [0.25, 0.3) is 5.91 Å². The number of carbonyl (C=O) groups is 1. The zero-order chi connectivity index (χ0) is 15.2. The lowest BCUT2D eigenvalue weighted by atomic mass is 10.1. The molecule has 0 unspecified atom stereocenters. The average Bonchev–Trinajstić information content (AvgIpc) is 2.51. The molecule has 1 aromatic heterocycles. The Balaban J connectivity index is 0.00000242. The van der Waals surface area contributed by atoms with E-state index in [2.05, 4.69) is 16.6 Å². The van der Waals surface area contributed by atoms with Gasteiger partial charge in [-0.2, -0.15) is 0 Å². The minimum atomic E-state index is 0. The minimum absolute atomic E-state index is 0. The largest absolute Gasteiger partial charge is 0.344 e. The molecule has 0 spiro atoms. The quantitative estimate of drug-likeness (QED) is 0.796. The maximum Gasteiger partial charge on any atom is 0.255 e. The fourth-order valence-corrected chi connectivity index (χ4v) is 2.80. The third-order valence-electron chi connectivity index (χ3n) is 3.28. The van der Waals surface area contributed by atoms with E-state index in [9.17, 15) is 4.79 Å². The number of amides is 1. The number of rotatable bonds is 6. The summed E-state index contributed by atoms with van der Waals surface area (Å²) in [6.45, 7) is 5.59. The summed E-state index contributed by atoms with van der Waals surface area (Å²) in [5.41, 5.74) is 1.57. The van der Waals surface area contributed by atoms with Crippen molar-refractivity contribution >= 4 is 28.8 Å². The molecule has 0 saturated carbocycles. The first-order chi connectivity index (χ1) is 10.2. The first-order valence-electron chi connectivity index (χ1n) is 7.22. The molecule has 0 saturated heterocycles. The highest BCUT2D eigenvalue weighted by Gasteiger charge is 2.14. The molecular formula is C16H24N4OS. The lowest BCUT2D eigenvalue weighted by Crippen LogP contribution is -2.31. The smallest absolute Gasteiger partial charge is 0.255 e. The van der Waals surface area contributed by atoms with Crippen LogP contribution in [0, 0.1) is 0 Å². The van der Waals surface area contributed by atoms with E-state index in [1.165, 1.54) is 0 Å². The van der Waals surface area contributed by atoms with Gasteiger partial charge in [0, 0.05) is 29.6 Å². The van der Waals surface area contributed by atoms with Gasteiger partial charge in [-0.15, -0.1) is 0 Å². The second-order valence-corrected chi connectivity index (χ2v) is 5.85. The maximum absolute atomic E-state index is 12.5. The van der Waals surface area contributed by atoms with Crippen LogP contribution in [0.5, 0.6) is 0 Å².